The Hall–Kier alpha value is -0.730. The van der Waals surface area contributed by atoms with E-state index in [0.29, 0.717) is 5.75 Å². The van der Waals surface area contributed by atoms with Crippen LogP contribution in [0.25, 0.3) is 0 Å². The van der Waals surface area contributed by atoms with Crippen LogP contribution in [0, 0.1) is 6.92 Å². The maximum absolute atomic E-state index is 5.74. The lowest BCUT2D eigenvalue weighted by molar-refractivity contribution is 0.334. The molecule has 0 saturated heterocycles. The maximum Gasteiger partial charge on any atom is 0.147 e. The van der Waals surface area contributed by atoms with Gasteiger partial charge in [-0.2, -0.15) is 5.90 Å². The molecule has 1 aromatic carbocycles. The molecule has 1 rings (SSSR count). The first-order valence-electron chi connectivity index (χ1n) is 2.87. The fourth-order valence-corrected chi connectivity index (χ4v) is 0.808. The summed E-state index contributed by atoms with van der Waals surface area (Å²) >= 11 is 5.74. The van der Waals surface area contributed by atoms with E-state index in [1.807, 2.05) is 6.92 Å². The van der Waals surface area contributed by atoms with Gasteiger partial charge in [-0.25, -0.2) is 0 Å². The van der Waals surface area contributed by atoms with Crippen molar-refractivity contribution in [1.29, 1.82) is 0 Å². The molecule has 0 aliphatic heterocycles. The lowest BCUT2D eigenvalue weighted by Gasteiger charge is -2.00. The molecule has 0 atom stereocenters. The number of benzene rings is 1. The Bertz CT molecular complexity index is 237. The molecule has 0 bridgehead atoms. The summed E-state index contributed by atoms with van der Waals surface area (Å²) in [5, 5.41) is 0.723. The van der Waals surface area contributed by atoms with Crippen LogP contribution in [0.2, 0.25) is 5.02 Å². The van der Waals surface area contributed by atoms with Crippen LogP contribution in [-0.2, 0) is 0 Å². The third kappa shape index (κ3) is 1.40. The summed E-state index contributed by atoms with van der Waals surface area (Å²) in [5.41, 5.74) is 0.963. The molecule has 0 aliphatic rings. The number of hydrogen-bond acceptors (Lipinski definition) is 2. The SMILES string of the molecule is Cc1cc(ON)ccc1Cl. The first kappa shape index (κ1) is 7.38. The van der Waals surface area contributed by atoms with E-state index in [1.165, 1.54) is 0 Å². The van der Waals surface area contributed by atoms with E-state index in [-0.39, 0.29) is 0 Å². The summed E-state index contributed by atoms with van der Waals surface area (Å²) in [5.74, 6) is 5.55. The van der Waals surface area contributed by atoms with Crippen molar-refractivity contribution in [3.05, 3.63) is 28.8 Å². The number of halogens is 1. The van der Waals surface area contributed by atoms with Crippen molar-refractivity contribution >= 4 is 11.6 Å². The Labute approximate surface area is 64.5 Å². The van der Waals surface area contributed by atoms with Crippen molar-refractivity contribution in [1.82, 2.24) is 0 Å². The minimum absolute atomic E-state index is 0.627. The van der Waals surface area contributed by atoms with Gasteiger partial charge in [0, 0.05) is 5.02 Å². The van der Waals surface area contributed by atoms with Crippen molar-refractivity contribution in [2.45, 2.75) is 6.92 Å². The minimum Gasteiger partial charge on any atom is -0.412 e. The molecule has 0 saturated carbocycles. The molecule has 0 fully saturated rings. The maximum atomic E-state index is 5.74. The van der Waals surface area contributed by atoms with E-state index < -0.39 is 0 Å². The van der Waals surface area contributed by atoms with Crippen LogP contribution in [0.3, 0.4) is 0 Å². The molecule has 54 valence electrons. The Balaban J connectivity index is 3.04. The fourth-order valence-electron chi connectivity index (χ4n) is 0.690. The summed E-state index contributed by atoms with van der Waals surface area (Å²) in [4.78, 5) is 4.49. The highest BCUT2D eigenvalue weighted by Crippen LogP contribution is 2.19. The van der Waals surface area contributed by atoms with Gasteiger partial charge in [-0.3, -0.25) is 0 Å². The van der Waals surface area contributed by atoms with Crippen LogP contribution in [-0.4, -0.2) is 0 Å². The number of hydrogen-bond donors (Lipinski definition) is 1. The molecule has 10 heavy (non-hydrogen) atoms. The molecule has 0 heterocycles. The van der Waals surface area contributed by atoms with Crippen molar-refractivity contribution in [2.24, 2.45) is 5.90 Å². The molecule has 0 amide bonds. The third-order valence-corrected chi connectivity index (χ3v) is 1.69. The highest BCUT2D eigenvalue weighted by atomic mass is 35.5. The van der Waals surface area contributed by atoms with Gasteiger partial charge in [0.2, 0.25) is 0 Å². The fraction of sp³-hybridized carbons (Fsp3) is 0.143. The molecule has 2 N–H and O–H groups in total. The molecule has 0 radical (unpaired) electrons. The molecule has 0 aromatic heterocycles. The summed E-state index contributed by atoms with van der Waals surface area (Å²) in [6, 6.07) is 5.25. The van der Waals surface area contributed by atoms with Gasteiger partial charge in [-0.05, 0) is 30.7 Å². The second-order valence-electron chi connectivity index (χ2n) is 2.03. The molecule has 3 heteroatoms. The largest absolute Gasteiger partial charge is 0.412 e. The molecular weight excluding hydrogens is 150 g/mol. The van der Waals surface area contributed by atoms with Crippen LogP contribution in [0.5, 0.6) is 5.75 Å². The zero-order valence-electron chi connectivity index (χ0n) is 5.60. The van der Waals surface area contributed by atoms with Crippen molar-refractivity contribution in [3.8, 4) is 5.75 Å². The van der Waals surface area contributed by atoms with Crippen molar-refractivity contribution in [2.75, 3.05) is 0 Å². The smallest absolute Gasteiger partial charge is 0.147 e. The average molecular weight is 158 g/mol. The Morgan fingerprint density at radius 2 is 2.20 bits per heavy atom. The normalized spacial score (nSPS) is 9.50. The standard InChI is InChI=1S/C7H8ClNO/c1-5-4-6(10-9)2-3-7(5)8/h2-4H,9H2,1H3. The van der Waals surface area contributed by atoms with Gasteiger partial charge in [0.1, 0.15) is 5.75 Å². The van der Waals surface area contributed by atoms with Crippen LogP contribution in [0.15, 0.2) is 18.2 Å². The second kappa shape index (κ2) is 2.90. The van der Waals surface area contributed by atoms with Crippen molar-refractivity contribution < 1.29 is 4.84 Å². The van der Waals surface area contributed by atoms with E-state index >= 15 is 0 Å². The Morgan fingerprint density at radius 1 is 1.50 bits per heavy atom. The van der Waals surface area contributed by atoms with Gasteiger partial charge < -0.3 is 4.84 Å². The van der Waals surface area contributed by atoms with Gasteiger partial charge >= 0.3 is 0 Å². The van der Waals surface area contributed by atoms with Gasteiger partial charge in [0.05, 0.1) is 0 Å². The van der Waals surface area contributed by atoms with E-state index in [4.69, 9.17) is 17.5 Å². The van der Waals surface area contributed by atoms with Crippen LogP contribution in [0.1, 0.15) is 5.56 Å². The highest BCUT2D eigenvalue weighted by Gasteiger charge is 1.95. The quantitative estimate of drug-likeness (QED) is 0.632. The van der Waals surface area contributed by atoms with Gasteiger partial charge in [-0.1, -0.05) is 11.6 Å². The van der Waals surface area contributed by atoms with Crippen LogP contribution < -0.4 is 10.7 Å². The number of nitrogens with two attached hydrogens (primary N) is 1. The molecule has 0 unspecified atom stereocenters. The third-order valence-electron chi connectivity index (χ3n) is 1.27. The lowest BCUT2D eigenvalue weighted by atomic mass is 10.2. The number of aryl methyl sites for hydroxylation is 1. The highest BCUT2D eigenvalue weighted by molar-refractivity contribution is 6.31. The zero-order valence-corrected chi connectivity index (χ0v) is 6.35. The first-order chi connectivity index (χ1) is 4.74. The van der Waals surface area contributed by atoms with Gasteiger partial charge in [-0.15, -0.1) is 0 Å². The summed E-state index contributed by atoms with van der Waals surface area (Å²) in [7, 11) is 0. The molecule has 0 aliphatic carbocycles. The molecule has 2 nitrogen and oxygen atoms in total. The monoisotopic (exact) mass is 157 g/mol. The van der Waals surface area contributed by atoms with E-state index in [9.17, 15) is 0 Å². The van der Waals surface area contributed by atoms with E-state index in [2.05, 4.69) is 4.84 Å². The molecule has 0 spiro atoms. The predicted molar refractivity (Wildman–Crippen MR) is 41.0 cm³/mol. The summed E-state index contributed by atoms with van der Waals surface area (Å²) in [6.07, 6.45) is 0. The zero-order chi connectivity index (χ0) is 7.56. The first-order valence-corrected chi connectivity index (χ1v) is 3.24. The Kier molecular flexibility index (Phi) is 2.14. The predicted octanol–water partition coefficient (Wildman–Crippen LogP) is 1.90. The summed E-state index contributed by atoms with van der Waals surface area (Å²) < 4.78 is 0. The topological polar surface area (TPSA) is 35.2 Å². The minimum atomic E-state index is 0.627. The average Bonchev–Trinajstić information content (AvgIpc) is 1.95. The van der Waals surface area contributed by atoms with Gasteiger partial charge in [0.15, 0.2) is 0 Å². The van der Waals surface area contributed by atoms with E-state index in [1.54, 1.807) is 18.2 Å². The van der Waals surface area contributed by atoms with Crippen molar-refractivity contribution in [3.63, 3.8) is 0 Å². The van der Waals surface area contributed by atoms with E-state index in [0.717, 1.165) is 10.6 Å². The van der Waals surface area contributed by atoms with Gasteiger partial charge in [0.25, 0.3) is 0 Å². The second-order valence-corrected chi connectivity index (χ2v) is 2.44. The number of rotatable bonds is 1. The lowest BCUT2D eigenvalue weighted by Crippen LogP contribution is -2.01. The molecular formula is C7H8ClNO. The van der Waals surface area contributed by atoms with Crippen LogP contribution >= 0.6 is 11.6 Å². The summed E-state index contributed by atoms with van der Waals surface area (Å²) in [6.45, 7) is 1.89. The van der Waals surface area contributed by atoms with Crippen LogP contribution in [0.4, 0.5) is 0 Å². The Morgan fingerprint density at radius 3 is 2.70 bits per heavy atom. The molecule has 1 aromatic rings.